The summed E-state index contributed by atoms with van der Waals surface area (Å²) in [5.74, 6) is 0. The van der Waals surface area contributed by atoms with Crippen LogP contribution in [0.5, 0.6) is 0 Å². The number of ether oxygens (including phenoxy) is 1. The molecule has 6 nitrogen and oxygen atoms in total. The lowest BCUT2D eigenvalue weighted by Gasteiger charge is -2.30. The summed E-state index contributed by atoms with van der Waals surface area (Å²) in [5, 5.41) is 7.69. The molecule has 18 heavy (non-hydrogen) atoms. The van der Waals surface area contributed by atoms with E-state index in [1.807, 2.05) is 22.8 Å². The standard InChI is InChI=1S/C12H15N5O/c13-10-1-2-11(16-3-5-18-6-4-16)12(7-10)17-8-14-15-9-17/h1-2,7-9H,3-6,13H2. The number of hydrogen-bond donors (Lipinski definition) is 1. The second-order valence-electron chi connectivity index (χ2n) is 4.22. The Bertz CT molecular complexity index is 519. The fraction of sp³-hybridized carbons (Fsp3) is 0.333. The van der Waals surface area contributed by atoms with Crippen molar-refractivity contribution in [2.45, 2.75) is 0 Å². The molecule has 1 fully saturated rings. The van der Waals surface area contributed by atoms with Gasteiger partial charge in [-0.15, -0.1) is 10.2 Å². The minimum Gasteiger partial charge on any atom is -0.399 e. The van der Waals surface area contributed by atoms with E-state index in [1.165, 1.54) is 0 Å². The van der Waals surface area contributed by atoms with Crippen LogP contribution >= 0.6 is 0 Å². The van der Waals surface area contributed by atoms with Crippen LogP contribution < -0.4 is 10.6 Å². The highest BCUT2D eigenvalue weighted by molar-refractivity contribution is 5.67. The molecule has 94 valence electrons. The summed E-state index contributed by atoms with van der Waals surface area (Å²) in [6.07, 6.45) is 3.36. The molecule has 2 heterocycles. The van der Waals surface area contributed by atoms with Crippen LogP contribution in [0.3, 0.4) is 0 Å². The molecule has 0 bridgehead atoms. The Morgan fingerprint density at radius 1 is 1.06 bits per heavy atom. The Labute approximate surface area is 105 Å². The molecule has 3 rings (SSSR count). The molecule has 2 N–H and O–H groups in total. The van der Waals surface area contributed by atoms with Crippen LogP contribution in [0.1, 0.15) is 0 Å². The first-order valence-corrected chi connectivity index (χ1v) is 5.92. The van der Waals surface area contributed by atoms with Gasteiger partial charge in [-0.05, 0) is 18.2 Å². The Morgan fingerprint density at radius 3 is 2.50 bits per heavy atom. The number of nitrogens with two attached hydrogens (primary N) is 1. The third kappa shape index (κ3) is 2.02. The Balaban J connectivity index is 2.02. The van der Waals surface area contributed by atoms with E-state index in [-0.39, 0.29) is 0 Å². The van der Waals surface area contributed by atoms with Crippen LogP contribution in [-0.4, -0.2) is 41.1 Å². The summed E-state index contributed by atoms with van der Waals surface area (Å²) >= 11 is 0. The predicted octanol–water partition coefficient (Wildman–Crippen LogP) is 0.686. The van der Waals surface area contributed by atoms with Gasteiger partial charge in [-0.1, -0.05) is 0 Å². The van der Waals surface area contributed by atoms with Gasteiger partial charge in [0.1, 0.15) is 12.7 Å². The van der Waals surface area contributed by atoms with Gasteiger partial charge in [0.05, 0.1) is 24.6 Å². The molecule has 0 spiro atoms. The topological polar surface area (TPSA) is 69.2 Å². The average molecular weight is 245 g/mol. The van der Waals surface area contributed by atoms with Crippen molar-refractivity contribution in [3.05, 3.63) is 30.9 Å². The van der Waals surface area contributed by atoms with Gasteiger partial charge in [0.15, 0.2) is 0 Å². The highest BCUT2D eigenvalue weighted by Crippen LogP contribution is 2.27. The first-order valence-electron chi connectivity index (χ1n) is 5.92. The number of nitrogens with zero attached hydrogens (tertiary/aromatic N) is 4. The predicted molar refractivity (Wildman–Crippen MR) is 68.8 cm³/mol. The Kier molecular flexibility index (Phi) is 2.85. The molecule has 2 aromatic rings. The molecule has 0 saturated carbocycles. The van der Waals surface area contributed by atoms with Crippen molar-refractivity contribution in [1.29, 1.82) is 0 Å². The summed E-state index contributed by atoms with van der Waals surface area (Å²) in [7, 11) is 0. The monoisotopic (exact) mass is 245 g/mol. The zero-order chi connectivity index (χ0) is 12.4. The highest BCUT2D eigenvalue weighted by atomic mass is 16.5. The molecule has 1 saturated heterocycles. The number of rotatable bonds is 2. The van der Waals surface area contributed by atoms with Gasteiger partial charge in [-0.3, -0.25) is 4.57 Å². The van der Waals surface area contributed by atoms with Crippen molar-refractivity contribution in [3.8, 4) is 5.69 Å². The summed E-state index contributed by atoms with van der Waals surface area (Å²) in [6.45, 7) is 3.29. The van der Waals surface area contributed by atoms with Crippen molar-refractivity contribution in [3.63, 3.8) is 0 Å². The van der Waals surface area contributed by atoms with Gasteiger partial charge in [-0.25, -0.2) is 0 Å². The molecule has 0 unspecified atom stereocenters. The molecule has 0 amide bonds. The van der Waals surface area contributed by atoms with Gasteiger partial charge in [-0.2, -0.15) is 0 Å². The minimum atomic E-state index is 0.732. The van der Waals surface area contributed by atoms with E-state index >= 15 is 0 Å². The maximum atomic E-state index is 5.87. The number of nitrogen functional groups attached to an aromatic ring is 1. The van der Waals surface area contributed by atoms with Crippen LogP contribution in [0.15, 0.2) is 30.9 Å². The van der Waals surface area contributed by atoms with Crippen molar-refractivity contribution >= 4 is 11.4 Å². The zero-order valence-electron chi connectivity index (χ0n) is 9.99. The molecular weight excluding hydrogens is 230 g/mol. The smallest absolute Gasteiger partial charge is 0.123 e. The first-order chi connectivity index (χ1) is 8.84. The molecule has 0 aliphatic carbocycles. The van der Waals surface area contributed by atoms with Gasteiger partial charge < -0.3 is 15.4 Å². The van der Waals surface area contributed by atoms with E-state index in [0.717, 1.165) is 43.4 Å². The largest absolute Gasteiger partial charge is 0.399 e. The fourth-order valence-corrected chi connectivity index (χ4v) is 2.14. The molecule has 0 radical (unpaired) electrons. The quantitative estimate of drug-likeness (QED) is 0.788. The van der Waals surface area contributed by atoms with E-state index in [2.05, 4.69) is 15.1 Å². The summed E-state index contributed by atoms with van der Waals surface area (Å²) < 4.78 is 7.25. The first kappa shape index (κ1) is 11.0. The highest BCUT2D eigenvalue weighted by Gasteiger charge is 2.15. The average Bonchev–Trinajstić information content (AvgIpc) is 2.93. The van der Waals surface area contributed by atoms with E-state index in [0.29, 0.717) is 0 Å². The molecule has 1 aliphatic rings. The van der Waals surface area contributed by atoms with Crippen molar-refractivity contribution in [1.82, 2.24) is 14.8 Å². The van der Waals surface area contributed by atoms with E-state index in [1.54, 1.807) is 12.7 Å². The number of aromatic nitrogens is 3. The van der Waals surface area contributed by atoms with Crippen LogP contribution in [0, 0.1) is 0 Å². The lowest BCUT2D eigenvalue weighted by Crippen LogP contribution is -2.36. The molecular formula is C12H15N5O. The van der Waals surface area contributed by atoms with Crippen LogP contribution in [0.2, 0.25) is 0 Å². The third-order valence-electron chi connectivity index (χ3n) is 3.05. The number of anilines is 2. The van der Waals surface area contributed by atoms with Gasteiger partial charge in [0, 0.05) is 18.8 Å². The number of hydrogen-bond acceptors (Lipinski definition) is 5. The van der Waals surface area contributed by atoms with Crippen molar-refractivity contribution < 1.29 is 4.74 Å². The minimum absolute atomic E-state index is 0.732. The SMILES string of the molecule is Nc1ccc(N2CCOCC2)c(-n2cnnc2)c1. The van der Waals surface area contributed by atoms with Crippen LogP contribution in [0.25, 0.3) is 5.69 Å². The molecule has 1 aromatic heterocycles. The van der Waals surface area contributed by atoms with Crippen LogP contribution in [-0.2, 0) is 4.74 Å². The maximum Gasteiger partial charge on any atom is 0.123 e. The number of benzene rings is 1. The molecule has 0 atom stereocenters. The normalized spacial score (nSPS) is 15.9. The fourth-order valence-electron chi connectivity index (χ4n) is 2.14. The van der Waals surface area contributed by atoms with Crippen molar-refractivity contribution in [2.75, 3.05) is 36.9 Å². The second kappa shape index (κ2) is 4.66. The van der Waals surface area contributed by atoms with Gasteiger partial charge in [0.2, 0.25) is 0 Å². The lowest BCUT2D eigenvalue weighted by molar-refractivity contribution is 0.122. The van der Waals surface area contributed by atoms with Gasteiger partial charge >= 0.3 is 0 Å². The Morgan fingerprint density at radius 2 is 1.78 bits per heavy atom. The molecule has 1 aromatic carbocycles. The summed E-state index contributed by atoms with van der Waals surface area (Å²) in [5.41, 5.74) is 8.73. The van der Waals surface area contributed by atoms with E-state index in [4.69, 9.17) is 10.5 Å². The molecule has 6 heteroatoms. The molecule has 1 aliphatic heterocycles. The Hall–Kier alpha value is -2.08. The number of morpholine rings is 1. The summed E-state index contributed by atoms with van der Waals surface area (Å²) in [4.78, 5) is 2.29. The van der Waals surface area contributed by atoms with Gasteiger partial charge in [0.25, 0.3) is 0 Å². The third-order valence-corrected chi connectivity index (χ3v) is 3.05. The summed E-state index contributed by atoms with van der Waals surface area (Å²) in [6, 6.07) is 5.89. The van der Waals surface area contributed by atoms with E-state index in [9.17, 15) is 0 Å². The van der Waals surface area contributed by atoms with E-state index < -0.39 is 0 Å². The maximum absolute atomic E-state index is 5.87. The second-order valence-corrected chi connectivity index (χ2v) is 4.22. The van der Waals surface area contributed by atoms with Crippen LogP contribution in [0.4, 0.5) is 11.4 Å². The van der Waals surface area contributed by atoms with Crippen molar-refractivity contribution in [2.24, 2.45) is 0 Å². The lowest BCUT2D eigenvalue weighted by atomic mass is 10.2. The zero-order valence-corrected chi connectivity index (χ0v) is 9.99.